The first-order valence-corrected chi connectivity index (χ1v) is 9.18. The minimum Gasteiger partial charge on any atom is -0.346 e. The number of rotatable bonds is 6. The maximum absolute atomic E-state index is 12.4. The molecule has 8 heteroatoms. The maximum Gasteiger partial charge on any atom is 0.277 e. The number of amides is 1. The van der Waals surface area contributed by atoms with Gasteiger partial charge in [0.25, 0.3) is 5.56 Å². The molecule has 0 aliphatic rings. The summed E-state index contributed by atoms with van der Waals surface area (Å²) in [5, 5.41) is 11.5. The first kappa shape index (κ1) is 17.8. The second kappa shape index (κ2) is 7.59. The molecule has 1 amide bonds. The predicted octanol–water partition coefficient (Wildman–Crippen LogP) is 2.33. The number of hydrogen-bond donors (Lipinski definition) is 2. The van der Waals surface area contributed by atoms with E-state index in [0.29, 0.717) is 29.7 Å². The minimum atomic E-state index is -0.233. The first-order valence-electron chi connectivity index (χ1n) is 9.18. The molecule has 4 rings (SSSR count). The van der Waals surface area contributed by atoms with Gasteiger partial charge in [0.1, 0.15) is 11.3 Å². The minimum absolute atomic E-state index is 0.102. The van der Waals surface area contributed by atoms with Crippen LogP contribution in [-0.2, 0) is 11.3 Å². The maximum atomic E-state index is 12.4. The Hall–Kier alpha value is -3.55. The number of nitrogens with one attached hydrogen (secondary N) is 2. The normalized spacial score (nSPS) is 12.3. The van der Waals surface area contributed by atoms with E-state index in [4.69, 9.17) is 0 Å². The number of para-hydroxylation sites is 2. The highest BCUT2D eigenvalue weighted by Crippen LogP contribution is 2.15. The van der Waals surface area contributed by atoms with E-state index in [-0.39, 0.29) is 23.9 Å². The number of aromatic amines is 1. The smallest absolute Gasteiger partial charge is 0.277 e. The third-order valence-electron chi connectivity index (χ3n) is 4.60. The topological polar surface area (TPSA) is 106 Å². The van der Waals surface area contributed by atoms with E-state index < -0.39 is 0 Å². The number of aryl methyl sites for hydroxylation is 1. The number of benzene rings is 2. The Morgan fingerprint density at radius 3 is 2.71 bits per heavy atom. The number of hydrogen-bond acceptors (Lipinski definition) is 5. The monoisotopic (exact) mass is 376 g/mol. The second-order valence-electron chi connectivity index (χ2n) is 6.67. The lowest BCUT2D eigenvalue weighted by molar-refractivity contribution is -0.121. The molecule has 0 spiro atoms. The van der Waals surface area contributed by atoms with Crippen molar-refractivity contribution in [2.75, 3.05) is 0 Å². The number of H-pyrrole nitrogens is 1. The molecule has 0 saturated heterocycles. The molecule has 0 bridgehead atoms. The van der Waals surface area contributed by atoms with Gasteiger partial charge in [0, 0.05) is 13.0 Å². The molecule has 8 nitrogen and oxygen atoms in total. The van der Waals surface area contributed by atoms with Crippen molar-refractivity contribution in [3.05, 3.63) is 64.7 Å². The molecule has 0 radical (unpaired) electrons. The van der Waals surface area contributed by atoms with E-state index in [0.717, 1.165) is 11.0 Å². The standard InChI is InChI=1S/C20H20N6O2/c1-13(19-22-16-9-4-5-10-17(16)23-19)21-18(27)11-6-12-26-20(28)14-7-2-3-8-15(14)24-25-26/h2-5,7-10,13H,6,11-12H2,1H3,(H,21,27)(H,22,23)/t13-/m1/s1. The largest absolute Gasteiger partial charge is 0.346 e. The van der Waals surface area contributed by atoms with Crippen LogP contribution in [-0.4, -0.2) is 30.9 Å². The van der Waals surface area contributed by atoms with Crippen molar-refractivity contribution in [1.29, 1.82) is 0 Å². The lowest BCUT2D eigenvalue weighted by atomic mass is 10.2. The second-order valence-corrected chi connectivity index (χ2v) is 6.67. The van der Waals surface area contributed by atoms with Crippen molar-refractivity contribution in [2.24, 2.45) is 0 Å². The van der Waals surface area contributed by atoms with Gasteiger partial charge < -0.3 is 10.3 Å². The average molecular weight is 376 g/mol. The van der Waals surface area contributed by atoms with Crippen LogP contribution in [0.1, 0.15) is 31.6 Å². The zero-order valence-electron chi connectivity index (χ0n) is 15.4. The third-order valence-corrected chi connectivity index (χ3v) is 4.60. The molecule has 4 aromatic rings. The lowest BCUT2D eigenvalue weighted by Crippen LogP contribution is -2.28. The zero-order valence-corrected chi connectivity index (χ0v) is 15.4. The summed E-state index contributed by atoms with van der Waals surface area (Å²) >= 11 is 0. The van der Waals surface area contributed by atoms with E-state index in [1.165, 1.54) is 4.68 Å². The van der Waals surface area contributed by atoms with Crippen LogP contribution in [0.5, 0.6) is 0 Å². The molecule has 0 aliphatic carbocycles. The van der Waals surface area contributed by atoms with Crippen molar-refractivity contribution in [2.45, 2.75) is 32.4 Å². The zero-order chi connectivity index (χ0) is 19.5. The molecule has 142 valence electrons. The van der Waals surface area contributed by atoms with Gasteiger partial charge in [-0.05, 0) is 37.6 Å². The van der Waals surface area contributed by atoms with Gasteiger partial charge in [0.15, 0.2) is 0 Å². The quantitative estimate of drug-likeness (QED) is 0.537. The van der Waals surface area contributed by atoms with Crippen LogP contribution < -0.4 is 10.9 Å². The molecule has 28 heavy (non-hydrogen) atoms. The van der Waals surface area contributed by atoms with Crippen molar-refractivity contribution in [3.8, 4) is 0 Å². The summed E-state index contributed by atoms with van der Waals surface area (Å²) in [6, 6.07) is 14.6. The molecule has 1 atom stereocenters. The van der Waals surface area contributed by atoms with Gasteiger partial charge in [0.05, 0.1) is 22.5 Å². The highest BCUT2D eigenvalue weighted by molar-refractivity contribution is 5.78. The summed E-state index contributed by atoms with van der Waals surface area (Å²) < 4.78 is 1.30. The van der Waals surface area contributed by atoms with Gasteiger partial charge in [-0.25, -0.2) is 9.67 Å². The van der Waals surface area contributed by atoms with Crippen LogP contribution in [0.2, 0.25) is 0 Å². The highest BCUT2D eigenvalue weighted by atomic mass is 16.1. The van der Waals surface area contributed by atoms with Crippen LogP contribution in [0, 0.1) is 0 Å². The van der Waals surface area contributed by atoms with Crippen molar-refractivity contribution in [1.82, 2.24) is 30.3 Å². The Labute approximate surface area is 160 Å². The lowest BCUT2D eigenvalue weighted by Gasteiger charge is -2.11. The molecule has 2 heterocycles. The van der Waals surface area contributed by atoms with Crippen molar-refractivity contribution >= 4 is 27.8 Å². The van der Waals surface area contributed by atoms with Gasteiger partial charge in [-0.15, -0.1) is 5.10 Å². The number of carbonyl (C=O) groups excluding carboxylic acids is 1. The Morgan fingerprint density at radius 1 is 1.14 bits per heavy atom. The predicted molar refractivity (Wildman–Crippen MR) is 106 cm³/mol. The molecule has 0 unspecified atom stereocenters. The van der Waals surface area contributed by atoms with Crippen molar-refractivity contribution in [3.63, 3.8) is 0 Å². The number of aromatic nitrogens is 5. The molecule has 0 saturated carbocycles. The third kappa shape index (κ3) is 3.62. The molecular formula is C20H20N6O2. The number of nitrogens with zero attached hydrogens (tertiary/aromatic N) is 4. The summed E-state index contributed by atoms with van der Waals surface area (Å²) in [7, 11) is 0. The summed E-state index contributed by atoms with van der Waals surface area (Å²) in [6.45, 7) is 2.22. The van der Waals surface area contributed by atoms with Crippen LogP contribution >= 0.6 is 0 Å². The fraction of sp³-hybridized carbons (Fsp3) is 0.250. The van der Waals surface area contributed by atoms with E-state index in [2.05, 4.69) is 25.6 Å². The molecule has 2 aromatic heterocycles. The van der Waals surface area contributed by atoms with Crippen LogP contribution in [0.3, 0.4) is 0 Å². The van der Waals surface area contributed by atoms with Crippen LogP contribution in [0.4, 0.5) is 0 Å². The fourth-order valence-corrected chi connectivity index (χ4v) is 3.12. The van der Waals surface area contributed by atoms with E-state index in [9.17, 15) is 9.59 Å². The molecule has 0 aliphatic heterocycles. The SMILES string of the molecule is C[C@@H](NC(=O)CCCn1nnc2ccccc2c1=O)c1nc2ccccc2[nH]1. The molecule has 2 aromatic carbocycles. The Balaban J connectivity index is 1.34. The Bertz CT molecular complexity index is 1160. The summed E-state index contributed by atoms with van der Waals surface area (Å²) in [6.07, 6.45) is 0.775. The molecular weight excluding hydrogens is 356 g/mol. The summed E-state index contributed by atoms with van der Waals surface area (Å²) in [5.41, 5.74) is 2.18. The van der Waals surface area contributed by atoms with Gasteiger partial charge in [-0.2, -0.15) is 0 Å². The average Bonchev–Trinajstić information content (AvgIpc) is 3.14. The van der Waals surface area contributed by atoms with E-state index >= 15 is 0 Å². The first-order chi connectivity index (χ1) is 13.6. The molecule has 2 N–H and O–H groups in total. The van der Waals surface area contributed by atoms with Crippen LogP contribution in [0.15, 0.2) is 53.3 Å². The van der Waals surface area contributed by atoms with Gasteiger partial charge in [-0.1, -0.05) is 29.5 Å². The fourth-order valence-electron chi connectivity index (χ4n) is 3.12. The Kier molecular flexibility index (Phi) is 4.84. The van der Waals surface area contributed by atoms with E-state index in [1.54, 1.807) is 18.2 Å². The van der Waals surface area contributed by atoms with Crippen molar-refractivity contribution < 1.29 is 4.79 Å². The number of carbonyl (C=O) groups is 1. The summed E-state index contributed by atoms with van der Waals surface area (Å²) in [4.78, 5) is 32.4. The molecule has 0 fully saturated rings. The highest BCUT2D eigenvalue weighted by Gasteiger charge is 2.13. The number of imidazole rings is 1. The summed E-state index contributed by atoms with van der Waals surface area (Å²) in [5.74, 6) is 0.612. The van der Waals surface area contributed by atoms with Crippen LogP contribution in [0.25, 0.3) is 21.9 Å². The van der Waals surface area contributed by atoms with Gasteiger partial charge in [0.2, 0.25) is 5.91 Å². The van der Waals surface area contributed by atoms with E-state index in [1.807, 2.05) is 37.3 Å². The number of fused-ring (bicyclic) bond motifs is 2. The van der Waals surface area contributed by atoms with Gasteiger partial charge in [-0.3, -0.25) is 9.59 Å². The Morgan fingerprint density at radius 2 is 1.89 bits per heavy atom. The van der Waals surface area contributed by atoms with Gasteiger partial charge >= 0.3 is 0 Å².